The first kappa shape index (κ1) is 11.7. The molecule has 0 aliphatic carbocycles. The van der Waals surface area contributed by atoms with E-state index < -0.39 is 0 Å². The van der Waals surface area contributed by atoms with E-state index in [9.17, 15) is 4.79 Å². The number of nitrogens with one attached hydrogen (secondary N) is 1. The van der Waals surface area contributed by atoms with Crippen molar-refractivity contribution in [2.75, 3.05) is 13.7 Å². The Morgan fingerprint density at radius 1 is 1.60 bits per heavy atom. The first-order valence-electron chi connectivity index (χ1n) is 4.92. The Morgan fingerprint density at radius 3 is 3.00 bits per heavy atom. The molecule has 0 saturated carbocycles. The van der Waals surface area contributed by atoms with Crippen molar-refractivity contribution < 1.29 is 9.53 Å². The summed E-state index contributed by atoms with van der Waals surface area (Å²) in [5.74, 6) is -0.317. The second kappa shape index (κ2) is 6.14. The highest BCUT2D eigenvalue weighted by atomic mass is 16.5. The summed E-state index contributed by atoms with van der Waals surface area (Å²) < 4.78 is 4.62. The summed E-state index contributed by atoms with van der Waals surface area (Å²) in [6.07, 6.45) is 1.75. The summed E-state index contributed by atoms with van der Waals surface area (Å²) in [4.78, 5) is 15.2. The van der Waals surface area contributed by atoms with Gasteiger partial charge in [0.1, 0.15) is 0 Å². The van der Waals surface area contributed by atoms with Crippen molar-refractivity contribution in [3.63, 3.8) is 0 Å². The van der Waals surface area contributed by atoms with E-state index in [1.807, 2.05) is 25.1 Å². The Balaban J connectivity index is 2.25. The molecule has 0 radical (unpaired) electrons. The number of hydrogen-bond donors (Lipinski definition) is 1. The van der Waals surface area contributed by atoms with Gasteiger partial charge in [-0.2, -0.15) is 0 Å². The van der Waals surface area contributed by atoms with Gasteiger partial charge in [0, 0.05) is 19.3 Å². The molecule has 0 fully saturated rings. The van der Waals surface area contributed by atoms with Crippen LogP contribution in [0, 0.1) is 5.92 Å². The first-order valence-corrected chi connectivity index (χ1v) is 4.92. The molecule has 1 N–H and O–H groups in total. The zero-order valence-corrected chi connectivity index (χ0v) is 9.06. The molecule has 0 amide bonds. The van der Waals surface area contributed by atoms with Gasteiger partial charge in [0.05, 0.1) is 18.7 Å². The number of rotatable bonds is 5. The number of nitrogens with zero attached hydrogens (tertiary/aromatic N) is 1. The molecule has 0 saturated heterocycles. The third kappa shape index (κ3) is 4.08. The zero-order chi connectivity index (χ0) is 11.1. The van der Waals surface area contributed by atoms with Crippen molar-refractivity contribution in [3.8, 4) is 0 Å². The number of pyridine rings is 1. The van der Waals surface area contributed by atoms with Gasteiger partial charge >= 0.3 is 5.97 Å². The van der Waals surface area contributed by atoms with Crippen LogP contribution >= 0.6 is 0 Å². The molecule has 0 aliphatic heterocycles. The fraction of sp³-hybridized carbons (Fsp3) is 0.455. The molecule has 1 atom stereocenters. The van der Waals surface area contributed by atoms with Crippen LogP contribution in [0.3, 0.4) is 0 Å². The van der Waals surface area contributed by atoms with Gasteiger partial charge in [-0.1, -0.05) is 13.0 Å². The van der Waals surface area contributed by atoms with Gasteiger partial charge in [0.2, 0.25) is 0 Å². The number of hydrogen-bond acceptors (Lipinski definition) is 4. The number of ether oxygens (including phenoxy) is 1. The van der Waals surface area contributed by atoms with Gasteiger partial charge in [0.25, 0.3) is 0 Å². The SMILES string of the molecule is COC(=O)[C@@H](C)CNCc1ccccn1. The summed E-state index contributed by atoms with van der Waals surface area (Å²) in [5.41, 5.74) is 0.967. The van der Waals surface area contributed by atoms with Gasteiger partial charge in [-0.3, -0.25) is 9.78 Å². The minimum absolute atomic E-state index is 0.126. The lowest BCUT2D eigenvalue weighted by molar-refractivity contribution is -0.144. The van der Waals surface area contributed by atoms with Crippen molar-refractivity contribution in [2.24, 2.45) is 5.92 Å². The average Bonchev–Trinajstić information content (AvgIpc) is 2.29. The summed E-state index contributed by atoms with van der Waals surface area (Å²) >= 11 is 0. The van der Waals surface area contributed by atoms with Crippen LogP contribution in [0.5, 0.6) is 0 Å². The number of aromatic nitrogens is 1. The number of carbonyl (C=O) groups is 1. The topological polar surface area (TPSA) is 51.2 Å². The standard InChI is InChI=1S/C11H16N2O2/c1-9(11(14)15-2)7-12-8-10-5-3-4-6-13-10/h3-6,9,12H,7-8H2,1-2H3/t9-/m0/s1. The van der Waals surface area contributed by atoms with Crippen LogP contribution < -0.4 is 5.32 Å². The van der Waals surface area contributed by atoms with Crippen molar-refractivity contribution >= 4 is 5.97 Å². The molecule has 0 aliphatic rings. The molecule has 0 aromatic carbocycles. The highest BCUT2D eigenvalue weighted by Crippen LogP contribution is 1.97. The molecule has 15 heavy (non-hydrogen) atoms. The van der Waals surface area contributed by atoms with E-state index in [0.29, 0.717) is 13.1 Å². The lowest BCUT2D eigenvalue weighted by Crippen LogP contribution is -2.27. The summed E-state index contributed by atoms with van der Waals surface area (Å²) in [6.45, 7) is 3.10. The summed E-state index contributed by atoms with van der Waals surface area (Å²) in [5, 5.41) is 3.15. The van der Waals surface area contributed by atoms with E-state index >= 15 is 0 Å². The highest BCUT2D eigenvalue weighted by Gasteiger charge is 2.11. The second-order valence-electron chi connectivity index (χ2n) is 3.38. The van der Waals surface area contributed by atoms with Crippen LogP contribution in [-0.2, 0) is 16.1 Å². The summed E-state index contributed by atoms with van der Waals surface area (Å²) in [7, 11) is 1.40. The van der Waals surface area contributed by atoms with Crippen molar-refractivity contribution in [1.29, 1.82) is 0 Å². The molecular formula is C11H16N2O2. The Kier molecular flexibility index (Phi) is 4.77. The van der Waals surface area contributed by atoms with E-state index in [1.165, 1.54) is 7.11 Å². The molecule has 0 unspecified atom stereocenters. The minimum Gasteiger partial charge on any atom is -0.469 e. The number of carbonyl (C=O) groups excluding carboxylic acids is 1. The van der Waals surface area contributed by atoms with Crippen LogP contribution in [-0.4, -0.2) is 24.6 Å². The Morgan fingerprint density at radius 2 is 2.40 bits per heavy atom. The van der Waals surface area contributed by atoms with Crippen LogP contribution in [0.25, 0.3) is 0 Å². The average molecular weight is 208 g/mol. The monoisotopic (exact) mass is 208 g/mol. The van der Waals surface area contributed by atoms with Gasteiger partial charge < -0.3 is 10.1 Å². The van der Waals surface area contributed by atoms with Crippen LogP contribution in [0.2, 0.25) is 0 Å². The van der Waals surface area contributed by atoms with Gasteiger partial charge in [-0.25, -0.2) is 0 Å². The molecule has 1 aromatic rings. The Bertz CT molecular complexity index is 301. The largest absolute Gasteiger partial charge is 0.469 e. The number of esters is 1. The van der Waals surface area contributed by atoms with Gasteiger partial charge in [-0.05, 0) is 12.1 Å². The fourth-order valence-corrected chi connectivity index (χ4v) is 1.20. The van der Waals surface area contributed by atoms with Crippen molar-refractivity contribution in [3.05, 3.63) is 30.1 Å². The molecule has 4 nitrogen and oxygen atoms in total. The van der Waals surface area contributed by atoms with Crippen LogP contribution in [0.4, 0.5) is 0 Å². The molecule has 0 spiro atoms. The Hall–Kier alpha value is -1.42. The normalized spacial score (nSPS) is 12.1. The second-order valence-corrected chi connectivity index (χ2v) is 3.38. The van der Waals surface area contributed by atoms with E-state index in [-0.39, 0.29) is 11.9 Å². The van der Waals surface area contributed by atoms with E-state index in [4.69, 9.17) is 0 Å². The van der Waals surface area contributed by atoms with E-state index in [0.717, 1.165) is 5.69 Å². The fourth-order valence-electron chi connectivity index (χ4n) is 1.20. The minimum atomic E-state index is -0.191. The smallest absolute Gasteiger partial charge is 0.309 e. The Labute approximate surface area is 89.7 Å². The van der Waals surface area contributed by atoms with Gasteiger partial charge in [0.15, 0.2) is 0 Å². The maximum atomic E-state index is 11.1. The molecular weight excluding hydrogens is 192 g/mol. The lowest BCUT2D eigenvalue weighted by Gasteiger charge is -2.09. The predicted molar refractivity (Wildman–Crippen MR) is 57.1 cm³/mol. The van der Waals surface area contributed by atoms with E-state index in [1.54, 1.807) is 6.20 Å². The predicted octanol–water partition coefficient (Wildman–Crippen LogP) is 0.980. The third-order valence-electron chi connectivity index (χ3n) is 2.09. The summed E-state index contributed by atoms with van der Waals surface area (Å²) in [6, 6.07) is 5.75. The van der Waals surface area contributed by atoms with Crippen molar-refractivity contribution in [2.45, 2.75) is 13.5 Å². The molecule has 1 aromatic heterocycles. The maximum Gasteiger partial charge on any atom is 0.309 e. The highest BCUT2D eigenvalue weighted by molar-refractivity contribution is 5.71. The van der Waals surface area contributed by atoms with Crippen molar-refractivity contribution in [1.82, 2.24) is 10.3 Å². The first-order chi connectivity index (χ1) is 7.24. The van der Waals surface area contributed by atoms with E-state index in [2.05, 4.69) is 15.0 Å². The third-order valence-corrected chi connectivity index (χ3v) is 2.09. The van der Waals surface area contributed by atoms with Crippen LogP contribution in [0.1, 0.15) is 12.6 Å². The molecule has 1 rings (SSSR count). The molecule has 82 valence electrons. The molecule has 0 bridgehead atoms. The quantitative estimate of drug-likeness (QED) is 0.733. The molecule has 4 heteroatoms. The molecule has 1 heterocycles. The van der Waals surface area contributed by atoms with Gasteiger partial charge in [-0.15, -0.1) is 0 Å². The van der Waals surface area contributed by atoms with Crippen LogP contribution in [0.15, 0.2) is 24.4 Å². The maximum absolute atomic E-state index is 11.1. The number of methoxy groups -OCH3 is 1. The zero-order valence-electron chi connectivity index (χ0n) is 9.06. The lowest BCUT2D eigenvalue weighted by atomic mass is 10.2.